The summed E-state index contributed by atoms with van der Waals surface area (Å²) in [5, 5.41) is 22.0. The molecule has 4 aromatic rings. The molecule has 0 aliphatic carbocycles. The number of nitriles is 1. The van der Waals surface area contributed by atoms with Crippen molar-refractivity contribution in [1.82, 2.24) is 0 Å². The quantitative estimate of drug-likeness (QED) is 0.400. The van der Waals surface area contributed by atoms with Crippen LogP contribution in [0.5, 0.6) is 11.5 Å². The molecule has 0 aliphatic rings. The molecular weight excluding hydrogens is 448 g/mol. The van der Waals surface area contributed by atoms with Crippen molar-refractivity contribution in [2.45, 2.75) is 0 Å². The SMILES string of the molecule is CS(=O)(=O)Nc1ccc(Oc2ccc3cc(C#N)ccc3c2)c(-c2ccsc2C(=O)O)c1. The average Bonchev–Trinajstić information content (AvgIpc) is 3.23. The molecule has 0 amide bonds. The fraction of sp³-hybridized carbons (Fsp3) is 0.0435. The Balaban J connectivity index is 1.79. The van der Waals surface area contributed by atoms with E-state index in [1.54, 1.807) is 47.8 Å². The highest BCUT2D eigenvalue weighted by molar-refractivity contribution is 7.92. The maximum absolute atomic E-state index is 11.7. The van der Waals surface area contributed by atoms with E-state index in [2.05, 4.69) is 10.8 Å². The summed E-state index contributed by atoms with van der Waals surface area (Å²) in [4.78, 5) is 11.8. The van der Waals surface area contributed by atoms with Gasteiger partial charge >= 0.3 is 5.97 Å². The van der Waals surface area contributed by atoms with E-state index < -0.39 is 16.0 Å². The molecule has 0 radical (unpaired) electrons. The minimum Gasteiger partial charge on any atom is -0.477 e. The van der Waals surface area contributed by atoms with Gasteiger partial charge in [-0.2, -0.15) is 5.26 Å². The molecule has 0 aliphatic heterocycles. The Morgan fingerprint density at radius 3 is 2.50 bits per heavy atom. The van der Waals surface area contributed by atoms with Crippen LogP contribution in [-0.2, 0) is 10.0 Å². The number of sulfonamides is 1. The van der Waals surface area contributed by atoms with Crippen molar-refractivity contribution in [3.8, 4) is 28.7 Å². The van der Waals surface area contributed by atoms with E-state index in [0.29, 0.717) is 33.9 Å². The number of carbonyl (C=O) groups is 1. The Hall–Kier alpha value is -3.87. The van der Waals surface area contributed by atoms with Crippen LogP contribution in [0.3, 0.4) is 0 Å². The number of benzene rings is 3. The van der Waals surface area contributed by atoms with Crippen LogP contribution < -0.4 is 9.46 Å². The molecule has 0 fully saturated rings. The molecule has 9 heteroatoms. The minimum absolute atomic E-state index is 0.119. The van der Waals surface area contributed by atoms with Crippen LogP contribution in [0.25, 0.3) is 21.9 Å². The molecule has 0 saturated heterocycles. The number of nitrogens with one attached hydrogen (secondary N) is 1. The molecule has 1 aromatic heterocycles. The van der Waals surface area contributed by atoms with Crippen LogP contribution in [0.2, 0.25) is 0 Å². The standard InChI is InChI=1S/C23H16N2O5S2/c1-32(28,29)25-17-5-7-21(20(12-17)19-8-9-31-22(19)23(26)27)30-18-6-4-15-10-14(13-24)2-3-16(15)11-18/h2-12,25H,1H3,(H,26,27). The Morgan fingerprint density at radius 2 is 1.78 bits per heavy atom. The van der Waals surface area contributed by atoms with Gasteiger partial charge in [0.1, 0.15) is 16.4 Å². The lowest BCUT2D eigenvalue weighted by molar-refractivity contribution is 0.0703. The molecule has 4 rings (SSSR count). The highest BCUT2D eigenvalue weighted by Gasteiger charge is 2.19. The normalized spacial score (nSPS) is 11.1. The molecule has 7 nitrogen and oxygen atoms in total. The second kappa shape index (κ2) is 8.34. The first-order chi connectivity index (χ1) is 15.2. The fourth-order valence-corrected chi connectivity index (χ4v) is 4.58. The summed E-state index contributed by atoms with van der Waals surface area (Å²) in [7, 11) is -3.52. The minimum atomic E-state index is -3.52. The first kappa shape index (κ1) is 21.4. The molecule has 0 atom stereocenters. The van der Waals surface area contributed by atoms with Crippen molar-refractivity contribution in [1.29, 1.82) is 5.26 Å². The van der Waals surface area contributed by atoms with Gasteiger partial charge in [-0.25, -0.2) is 13.2 Å². The highest BCUT2D eigenvalue weighted by Crippen LogP contribution is 2.39. The monoisotopic (exact) mass is 464 g/mol. The molecule has 32 heavy (non-hydrogen) atoms. The second-order valence-electron chi connectivity index (χ2n) is 6.99. The second-order valence-corrected chi connectivity index (χ2v) is 9.66. The van der Waals surface area contributed by atoms with Gasteiger partial charge in [-0.05, 0) is 64.7 Å². The molecule has 0 saturated carbocycles. The third kappa shape index (κ3) is 4.56. The third-order valence-electron chi connectivity index (χ3n) is 4.60. The molecule has 0 bridgehead atoms. The van der Waals surface area contributed by atoms with Crippen molar-refractivity contribution >= 4 is 43.8 Å². The van der Waals surface area contributed by atoms with Crippen LogP contribution in [0.1, 0.15) is 15.2 Å². The van der Waals surface area contributed by atoms with E-state index in [-0.39, 0.29) is 4.88 Å². The number of aromatic carboxylic acids is 1. The first-order valence-corrected chi connectivity index (χ1v) is 12.1. The lowest BCUT2D eigenvalue weighted by Gasteiger charge is -2.14. The van der Waals surface area contributed by atoms with E-state index in [0.717, 1.165) is 28.4 Å². The van der Waals surface area contributed by atoms with Crippen molar-refractivity contribution in [2.75, 3.05) is 11.0 Å². The largest absolute Gasteiger partial charge is 0.477 e. The smallest absolute Gasteiger partial charge is 0.346 e. The average molecular weight is 465 g/mol. The number of hydrogen-bond acceptors (Lipinski definition) is 6. The van der Waals surface area contributed by atoms with Gasteiger partial charge in [0.25, 0.3) is 0 Å². The van der Waals surface area contributed by atoms with Crippen molar-refractivity contribution < 1.29 is 23.1 Å². The van der Waals surface area contributed by atoms with Crippen molar-refractivity contribution in [3.05, 3.63) is 76.5 Å². The molecule has 160 valence electrons. The van der Waals surface area contributed by atoms with Crippen LogP contribution in [-0.4, -0.2) is 25.7 Å². The fourth-order valence-electron chi connectivity index (χ4n) is 3.28. The van der Waals surface area contributed by atoms with Gasteiger partial charge in [0.05, 0.1) is 17.9 Å². The van der Waals surface area contributed by atoms with Gasteiger partial charge in [-0.3, -0.25) is 4.72 Å². The van der Waals surface area contributed by atoms with Gasteiger partial charge in [-0.15, -0.1) is 11.3 Å². The maximum atomic E-state index is 11.7. The zero-order valence-electron chi connectivity index (χ0n) is 16.7. The zero-order valence-corrected chi connectivity index (χ0v) is 18.3. The van der Waals surface area contributed by atoms with Crippen molar-refractivity contribution in [2.24, 2.45) is 0 Å². The predicted octanol–water partition coefficient (Wildman–Crippen LogP) is 5.30. The predicted molar refractivity (Wildman–Crippen MR) is 124 cm³/mol. The van der Waals surface area contributed by atoms with E-state index >= 15 is 0 Å². The van der Waals surface area contributed by atoms with Gasteiger partial charge in [0.2, 0.25) is 10.0 Å². The Morgan fingerprint density at radius 1 is 1.03 bits per heavy atom. The number of carboxylic acid groups (broad SMARTS) is 1. The number of nitrogens with zero attached hydrogens (tertiary/aromatic N) is 1. The summed E-state index contributed by atoms with van der Waals surface area (Å²) in [6.07, 6.45) is 1.04. The molecule has 3 aromatic carbocycles. The number of rotatable bonds is 6. The number of ether oxygens (including phenoxy) is 1. The Labute approximate surface area is 188 Å². The van der Waals surface area contributed by atoms with E-state index in [1.165, 1.54) is 0 Å². The summed E-state index contributed by atoms with van der Waals surface area (Å²) >= 11 is 1.07. The van der Waals surface area contributed by atoms with Gasteiger partial charge < -0.3 is 9.84 Å². The zero-order chi connectivity index (χ0) is 22.9. The number of carboxylic acids is 1. The number of thiophene rings is 1. The molecule has 1 heterocycles. The Bertz CT molecular complexity index is 1500. The lowest BCUT2D eigenvalue weighted by atomic mass is 10.0. The maximum Gasteiger partial charge on any atom is 0.346 e. The topological polar surface area (TPSA) is 116 Å². The summed E-state index contributed by atoms with van der Waals surface area (Å²) in [6, 6.07) is 19.2. The molecular formula is C23H16N2O5S2. The summed E-state index contributed by atoms with van der Waals surface area (Å²) in [5.74, 6) is -0.196. The van der Waals surface area contributed by atoms with Crippen LogP contribution in [0, 0.1) is 11.3 Å². The van der Waals surface area contributed by atoms with Crippen LogP contribution in [0.4, 0.5) is 5.69 Å². The number of fused-ring (bicyclic) bond motifs is 1. The third-order valence-corrected chi connectivity index (χ3v) is 6.11. The lowest BCUT2D eigenvalue weighted by Crippen LogP contribution is -2.09. The van der Waals surface area contributed by atoms with E-state index in [4.69, 9.17) is 10.00 Å². The summed E-state index contributed by atoms with van der Waals surface area (Å²) in [6.45, 7) is 0. The number of anilines is 1. The van der Waals surface area contributed by atoms with Gasteiger partial charge in [0.15, 0.2) is 0 Å². The first-order valence-electron chi connectivity index (χ1n) is 9.28. The molecule has 0 unspecified atom stereocenters. The van der Waals surface area contributed by atoms with Crippen molar-refractivity contribution in [3.63, 3.8) is 0 Å². The van der Waals surface area contributed by atoms with Crippen LogP contribution >= 0.6 is 11.3 Å². The van der Waals surface area contributed by atoms with Crippen LogP contribution in [0.15, 0.2) is 66.0 Å². The highest BCUT2D eigenvalue weighted by atomic mass is 32.2. The van der Waals surface area contributed by atoms with E-state index in [1.807, 2.05) is 18.2 Å². The van der Waals surface area contributed by atoms with Gasteiger partial charge in [0, 0.05) is 16.8 Å². The van der Waals surface area contributed by atoms with E-state index in [9.17, 15) is 18.3 Å². The van der Waals surface area contributed by atoms with Gasteiger partial charge in [-0.1, -0.05) is 12.1 Å². The molecule has 2 N–H and O–H groups in total. The summed E-state index contributed by atoms with van der Waals surface area (Å²) < 4.78 is 31.8. The Kier molecular flexibility index (Phi) is 5.57. The number of hydrogen-bond donors (Lipinski definition) is 2. The summed E-state index contributed by atoms with van der Waals surface area (Å²) in [5.41, 5.74) is 1.72. The molecule has 0 spiro atoms.